The largest absolute Gasteiger partial charge is 0.573 e. The van der Waals surface area contributed by atoms with Gasteiger partial charge in [-0.25, -0.2) is 4.39 Å². The third-order valence-corrected chi connectivity index (χ3v) is 6.28. The monoisotopic (exact) mass is 506 g/mol. The number of benzene rings is 2. The van der Waals surface area contributed by atoms with Crippen molar-refractivity contribution in [1.82, 2.24) is 15.0 Å². The lowest BCUT2D eigenvalue weighted by Gasteiger charge is -2.36. The molecule has 1 saturated heterocycles. The van der Waals surface area contributed by atoms with E-state index in [9.17, 15) is 17.6 Å². The van der Waals surface area contributed by atoms with Gasteiger partial charge in [-0.1, -0.05) is 12.1 Å². The van der Waals surface area contributed by atoms with Gasteiger partial charge in [-0.3, -0.25) is 9.80 Å². The number of alkyl halides is 3. The number of halogens is 4. The quantitative estimate of drug-likeness (QED) is 0.343. The summed E-state index contributed by atoms with van der Waals surface area (Å²) in [4.78, 5) is 7.01. The smallest absolute Gasteiger partial charge is 0.406 e. The lowest BCUT2D eigenvalue weighted by Crippen LogP contribution is -2.47. The molecule has 1 aliphatic rings. The highest BCUT2D eigenvalue weighted by molar-refractivity contribution is 5.59. The molecule has 3 aromatic rings. The predicted molar refractivity (Wildman–Crippen MR) is 129 cm³/mol. The minimum absolute atomic E-state index is 0.215. The first-order valence-corrected chi connectivity index (χ1v) is 12.1. The highest BCUT2D eigenvalue weighted by atomic mass is 19.4. The van der Waals surface area contributed by atoms with Gasteiger partial charge in [-0.05, 0) is 74.6 Å². The third kappa shape index (κ3) is 7.44. The van der Waals surface area contributed by atoms with Gasteiger partial charge in [0.05, 0.1) is 6.54 Å². The first-order chi connectivity index (χ1) is 17.3. The molecule has 0 aliphatic carbocycles. The fourth-order valence-corrected chi connectivity index (χ4v) is 4.32. The second-order valence-corrected chi connectivity index (χ2v) is 8.78. The van der Waals surface area contributed by atoms with Gasteiger partial charge in [0.2, 0.25) is 0 Å². The van der Waals surface area contributed by atoms with Crippen LogP contribution in [0.25, 0.3) is 11.3 Å². The summed E-state index contributed by atoms with van der Waals surface area (Å²) in [5.74, 6) is 0.215. The summed E-state index contributed by atoms with van der Waals surface area (Å²) in [6.45, 7) is 9.27. The third-order valence-electron chi connectivity index (χ3n) is 6.28. The Bertz CT molecular complexity index is 1080. The summed E-state index contributed by atoms with van der Waals surface area (Å²) in [6, 6.07) is 14.0. The molecule has 0 bridgehead atoms. The van der Waals surface area contributed by atoms with Gasteiger partial charge in [0.25, 0.3) is 0 Å². The van der Waals surface area contributed by atoms with Crippen molar-refractivity contribution < 1.29 is 26.8 Å². The maximum Gasteiger partial charge on any atom is 0.573 e. The van der Waals surface area contributed by atoms with E-state index in [2.05, 4.69) is 31.5 Å². The first-order valence-electron chi connectivity index (χ1n) is 12.1. The van der Waals surface area contributed by atoms with Crippen LogP contribution in [0.5, 0.6) is 5.75 Å². The van der Waals surface area contributed by atoms with E-state index in [1.807, 2.05) is 18.2 Å². The molecule has 0 radical (unpaired) electrons. The first kappa shape index (κ1) is 26.0. The number of rotatable bonds is 10. The van der Waals surface area contributed by atoms with Crippen LogP contribution in [0.4, 0.5) is 23.2 Å². The second kappa shape index (κ2) is 11.7. The summed E-state index contributed by atoms with van der Waals surface area (Å²) >= 11 is 0. The van der Waals surface area contributed by atoms with Crippen LogP contribution in [0.1, 0.15) is 19.1 Å². The summed E-state index contributed by atoms with van der Waals surface area (Å²) in [5, 5.41) is 4.07. The number of nitrogens with zero attached hydrogens (tertiary/aromatic N) is 4. The van der Waals surface area contributed by atoms with Crippen molar-refractivity contribution in [2.75, 3.05) is 50.7 Å². The van der Waals surface area contributed by atoms with Crippen molar-refractivity contribution in [2.45, 2.75) is 26.3 Å². The Morgan fingerprint density at radius 1 is 1.00 bits per heavy atom. The van der Waals surface area contributed by atoms with Gasteiger partial charge in [0, 0.05) is 43.5 Å². The maximum absolute atomic E-state index is 13.1. The van der Waals surface area contributed by atoms with E-state index >= 15 is 0 Å². The lowest BCUT2D eigenvalue weighted by molar-refractivity contribution is -0.274. The van der Waals surface area contributed by atoms with Gasteiger partial charge in [-0.15, -0.1) is 13.2 Å². The van der Waals surface area contributed by atoms with E-state index in [4.69, 9.17) is 4.52 Å². The van der Waals surface area contributed by atoms with Gasteiger partial charge in [0.15, 0.2) is 5.76 Å². The Morgan fingerprint density at radius 3 is 2.33 bits per heavy atom. The van der Waals surface area contributed by atoms with E-state index in [0.717, 1.165) is 57.9 Å². The zero-order valence-electron chi connectivity index (χ0n) is 20.2. The molecule has 0 atom stereocenters. The van der Waals surface area contributed by atoms with Crippen molar-refractivity contribution in [3.05, 3.63) is 66.2 Å². The number of ether oxygens (including phenoxy) is 1. The van der Waals surface area contributed by atoms with Crippen LogP contribution in [0, 0.1) is 5.82 Å². The molecule has 1 aliphatic heterocycles. The molecular weight excluding hydrogens is 476 g/mol. The van der Waals surface area contributed by atoms with Gasteiger partial charge >= 0.3 is 6.36 Å². The molecule has 0 amide bonds. The van der Waals surface area contributed by atoms with E-state index in [-0.39, 0.29) is 11.6 Å². The number of hydrogen-bond donors (Lipinski definition) is 0. The fraction of sp³-hybridized carbons (Fsp3) is 0.423. The topological polar surface area (TPSA) is 45.0 Å². The molecule has 6 nitrogen and oxygen atoms in total. The van der Waals surface area contributed by atoms with Crippen LogP contribution >= 0.6 is 0 Å². The highest BCUT2D eigenvalue weighted by Crippen LogP contribution is 2.26. The molecule has 10 heteroatoms. The SMILES string of the molecule is CCN(CCCN1CCN(c2ccc(F)cc2)CC1)Cc1cc(-c2ccc(OC(F)(F)F)cc2)no1. The number of piperazine rings is 1. The molecule has 1 fully saturated rings. The minimum Gasteiger partial charge on any atom is -0.406 e. The van der Waals surface area contributed by atoms with E-state index in [0.29, 0.717) is 23.6 Å². The Kier molecular flexibility index (Phi) is 8.48. The summed E-state index contributed by atoms with van der Waals surface area (Å²) in [6.07, 6.45) is -3.70. The molecule has 4 rings (SSSR count). The van der Waals surface area contributed by atoms with Crippen LogP contribution in [0.2, 0.25) is 0 Å². The molecule has 0 N–H and O–H groups in total. The van der Waals surface area contributed by atoms with Crippen LogP contribution < -0.4 is 9.64 Å². The Balaban J connectivity index is 1.20. The average Bonchev–Trinajstić information content (AvgIpc) is 3.32. The van der Waals surface area contributed by atoms with E-state index < -0.39 is 6.36 Å². The van der Waals surface area contributed by atoms with Crippen LogP contribution in [0.15, 0.2) is 59.1 Å². The standard InChI is InChI=1S/C26H30F4N4O2/c1-2-32(12-3-13-33-14-16-34(17-15-33)22-8-6-21(27)7-9-22)19-24-18-25(31-36-24)20-4-10-23(11-5-20)35-26(28,29)30/h4-11,18H,2-3,12-17,19H2,1H3. The Labute approximate surface area is 208 Å². The summed E-state index contributed by atoms with van der Waals surface area (Å²) in [7, 11) is 0. The van der Waals surface area contributed by atoms with Crippen molar-refractivity contribution in [3.63, 3.8) is 0 Å². The van der Waals surface area contributed by atoms with Crippen molar-refractivity contribution in [1.29, 1.82) is 0 Å². The fourth-order valence-electron chi connectivity index (χ4n) is 4.32. The molecule has 0 unspecified atom stereocenters. The Morgan fingerprint density at radius 2 is 1.69 bits per heavy atom. The predicted octanol–water partition coefficient (Wildman–Crippen LogP) is 5.41. The van der Waals surface area contributed by atoms with Crippen molar-refractivity contribution >= 4 is 5.69 Å². The zero-order valence-corrected chi connectivity index (χ0v) is 20.2. The molecule has 2 heterocycles. The van der Waals surface area contributed by atoms with Gasteiger partial charge in [-0.2, -0.15) is 0 Å². The molecule has 1 aromatic heterocycles. The summed E-state index contributed by atoms with van der Waals surface area (Å²) < 4.78 is 59.6. The molecule has 194 valence electrons. The average molecular weight is 507 g/mol. The van der Waals surface area contributed by atoms with Gasteiger partial charge < -0.3 is 14.2 Å². The molecule has 0 saturated carbocycles. The molecule has 0 spiro atoms. The van der Waals surface area contributed by atoms with Crippen LogP contribution in [0.3, 0.4) is 0 Å². The van der Waals surface area contributed by atoms with E-state index in [1.54, 1.807) is 0 Å². The molecular formula is C26H30F4N4O2. The molecule has 2 aromatic carbocycles. The lowest BCUT2D eigenvalue weighted by atomic mass is 10.1. The van der Waals surface area contributed by atoms with Gasteiger partial charge in [0.1, 0.15) is 17.3 Å². The maximum atomic E-state index is 13.1. The Hall–Kier alpha value is -3.11. The number of aromatic nitrogens is 1. The van der Waals surface area contributed by atoms with Crippen LogP contribution in [-0.2, 0) is 6.54 Å². The van der Waals surface area contributed by atoms with Crippen molar-refractivity contribution in [2.24, 2.45) is 0 Å². The van der Waals surface area contributed by atoms with Crippen molar-refractivity contribution in [3.8, 4) is 17.0 Å². The minimum atomic E-state index is -4.72. The zero-order chi connectivity index (χ0) is 25.5. The summed E-state index contributed by atoms with van der Waals surface area (Å²) in [5.41, 5.74) is 2.28. The number of hydrogen-bond acceptors (Lipinski definition) is 6. The highest BCUT2D eigenvalue weighted by Gasteiger charge is 2.31. The normalized spacial score (nSPS) is 15.0. The number of anilines is 1. The van der Waals surface area contributed by atoms with E-state index in [1.165, 1.54) is 36.4 Å². The molecule has 36 heavy (non-hydrogen) atoms. The second-order valence-electron chi connectivity index (χ2n) is 8.78. The van der Waals surface area contributed by atoms with Crippen LogP contribution in [-0.4, -0.2) is 67.1 Å².